The zero-order valence-electron chi connectivity index (χ0n) is 16.8. The van der Waals surface area contributed by atoms with Crippen LogP contribution in [0.1, 0.15) is 38.5 Å². The minimum Gasteiger partial charge on any atom is -0.493 e. The maximum absolute atomic E-state index is 6.05. The van der Waals surface area contributed by atoms with Crippen LogP contribution in [-0.4, -0.2) is 61.3 Å². The van der Waals surface area contributed by atoms with E-state index in [1.54, 1.807) is 7.11 Å². The van der Waals surface area contributed by atoms with Crippen LogP contribution in [-0.2, 0) is 0 Å². The molecule has 1 aromatic heterocycles. The van der Waals surface area contributed by atoms with Gasteiger partial charge in [-0.3, -0.25) is 0 Å². The molecule has 2 fully saturated rings. The van der Waals surface area contributed by atoms with Gasteiger partial charge in [-0.15, -0.1) is 0 Å². The third kappa shape index (κ3) is 4.24. The summed E-state index contributed by atoms with van der Waals surface area (Å²) >= 11 is 0. The average molecular weight is 386 g/mol. The van der Waals surface area contributed by atoms with Crippen LogP contribution in [0.4, 0.5) is 11.8 Å². The molecule has 0 saturated carbocycles. The fraction of sp³-hybridized carbons (Fsp3) is 0.619. The Bertz CT molecular complexity index is 801. The summed E-state index contributed by atoms with van der Waals surface area (Å²) in [6.45, 7) is 6.19. The molecule has 0 radical (unpaired) electrons. The van der Waals surface area contributed by atoms with Crippen LogP contribution in [0, 0.1) is 0 Å². The maximum atomic E-state index is 6.05. The number of benzene rings is 1. The SMILES string of the molecule is COc1cc2c(N3CCCCC3)nc(N)nc2cc1OCCCN1CCCC1. The fourth-order valence-corrected chi connectivity index (χ4v) is 4.23. The van der Waals surface area contributed by atoms with Gasteiger partial charge >= 0.3 is 0 Å². The number of fused-ring (bicyclic) bond motifs is 1. The lowest BCUT2D eigenvalue weighted by Gasteiger charge is -2.28. The second-order valence-corrected chi connectivity index (χ2v) is 7.72. The highest BCUT2D eigenvalue weighted by atomic mass is 16.5. The smallest absolute Gasteiger partial charge is 0.222 e. The molecule has 0 bridgehead atoms. The van der Waals surface area contributed by atoms with E-state index in [4.69, 9.17) is 15.2 Å². The van der Waals surface area contributed by atoms with E-state index < -0.39 is 0 Å². The quantitative estimate of drug-likeness (QED) is 0.734. The van der Waals surface area contributed by atoms with E-state index in [9.17, 15) is 0 Å². The van der Waals surface area contributed by atoms with E-state index in [-0.39, 0.29) is 0 Å². The van der Waals surface area contributed by atoms with Crippen LogP contribution in [0.25, 0.3) is 10.9 Å². The molecule has 0 spiro atoms. The third-order valence-corrected chi connectivity index (χ3v) is 5.71. The molecule has 3 heterocycles. The van der Waals surface area contributed by atoms with E-state index in [2.05, 4.69) is 19.8 Å². The Morgan fingerprint density at radius 3 is 2.46 bits per heavy atom. The average Bonchev–Trinajstić information content (AvgIpc) is 3.24. The second kappa shape index (κ2) is 8.82. The van der Waals surface area contributed by atoms with E-state index in [1.165, 1.54) is 45.2 Å². The van der Waals surface area contributed by atoms with Crippen LogP contribution in [0.5, 0.6) is 11.5 Å². The number of nitrogen functional groups attached to an aromatic ring is 1. The van der Waals surface area contributed by atoms with Crippen molar-refractivity contribution in [1.82, 2.24) is 14.9 Å². The molecule has 1 aromatic carbocycles. The molecule has 28 heavy (non-hydrogen) atoms. The lowest BCUT2D eigenvalue weighted by atomic mass is 10.1. The Balaban J connectivity index is 1.53. The van der Waals surface area contributed by atoms with Gasteiger partial charge in [-0.25, -0.2) is 4.98 Å². The van der Waals surface area contributed by atoms with E-state index >= 15 is 0 Å². The molecule has 2 aliphatic rings. The van der Waals surface area contributed by atoms with E-state index in [0.717, 1.165) is 54.3 Å². The lowest BCUT2D eigenvalue weighted by Crippen LogP contribution is -2.30. The van der Waals surface area contributed by atoms with Crippen molar-refractivity contribution in [3.63, 3.8) is 0 Å². The first-order valence-electron chi connectivity index (χ1n) is 10.5. The largest absolute Gasteiger partial charge is 0.493 e. The Kier molecular flexibility index (Phi) is 6.00. The van der Waals surface area contributed by atoms with Gasteiger partial charge in [-0.2, -0.15) is 4.98 Å². The summed E-state index contributed by atoms with van der Waals surface area (Å²) in [5, 5.41) is 0.970. The zero-order valence-corrected chi connectivity index (χ0v) is 16.8. The molecule has 0 unspecified atom stereocenters. The Morgan fingerprint density at radius 1 is 0.964 bits per heavy atom. The Hall–Kier alpha value is -2.28. The van der Waals surface area contributed by atoms with E-state index in [1.807, 2.05) is 12.1 Å². The molecule has 2 aliphatic heterocycles. The number of hydrogen-bond acceptors (Lipinski definition) is 7. The van der Waals surface area contributed by atoms with Crippen molar-refractivity contribution in [3.8, 4) is 11.5 Å². The Labute approximate surface area is 166 Å². The summed E-state index contributed by atoms with van der Waals surface area (Å²) in [5.41, 5.74) is 6.83. The van der Waals surface area contributed by atoms with Gasteiger partial charge in [0.25, 0.3) is 0 Å². The monoisotopic (exact) mass is 385 g/mol. The van der Waals surface area contributed by atoms with Crippen LogP contribution in [0.3, 0.4) is 0 Å². The summed E-state index contributed by atoms with van der Waals surface area (Å²) in [4.78, 5) is 13.8. The fourth-order valence-electron chi connectivity index (χ4n) is 4.23. The minimum atomic E-state index is 0.304. The van der Waals surface area contributed by atoms with Crippen molar-refractivity contribution in [3.05, 3.63) is 12.1 Å². The van der Waals surface area contributed by atoms with Crippen molar-refractivity contribution in [2.24, 2.45) is 0 Å². The van der Waals surface area contributed by atoms with Crippen LogP contribution < -0.4 is 20.1 Å². The number of aromatic nitrogens is 2. The third-order valence-electron chi connectivity index (χ3n) is 5.71. The standard InChI is InChI=1S/C21H31N5O2/c1-27-18-14-16-17(15-19(18)28-13-7-10-25-8-5-6-9-25)23-21(22)24-20(16)26-11-3-2-4-12-26/h14-15H,2-13H2,1H3,(H2,22,23,24). The van der Waals surface area contributed by atoms with Crippen molar-refractivity contribution >= 4 is 22.7 Å². The van der Waals surface area contributed by atoms with Crippen LogP contribution >= 0.6 is 0 Å². The lowest BCUT2D eigenvalue weighted by molar-refractivity contribution is 0.254. The maximum Gasteiger partial charge on any atom is 0.222 e. The first-order valence-corrected chi connectivity index (χ1v) is 10.5. The van der Waals surface area contributed by atoms with E-state index in [0.29, 0.717) is 12.6 Å². The van der Waals surface area contributed by atoms with Crippen molar-refractivity contribution in [2.45, 2.75) is 38.5 Å². The van der Waals surface area contributed by atoms with Crippen molar-refractivity contribution in [2.75, 3.05) is 57.1 Å². The van der Waals surface area contributed by atoms with Crippen molar-refractivity contribution < 1.29 is 9.47 Å². The first-order chi connectivity index (χ1) is 13.7. The molecular weight excluding hydrogens is 354 g/mol. The predicted octanol–water partition coefficient (Wildman–Crippen LogP) is 3.08. The number of anilines is 2. The highest BCUT2D eigenvalue weighted by Gasteiger charge is 2.19. The molecule has 0 atom stereocenters. The van der Waals surface area contributed by atoms with Gasteiger partial charge in [0.15, 0.2) is 11.5 Å². The topological polar surface area (TPSA) is 76.7 Å². The first kappa shape index (κ1) is 19.1. The second-order valence-electron chi connectivity index (χ2n) is 7.72. The number of rotatable bonds is 7. The number of piperidine rings is 1. The number of methoxy groups -OCH3 is 1. The van der Waals surface area contributed by atoms with Crippen LogP contribution in [0.2, 0.25) is 0 Å². The normalized spacial score (nSPS) is 18.0. The van der Waals surface area contributed by atoms with Gasteiger partial charge in [0, 0.05) is 31.1 Å². The van der Waals surface area contributed by atoms with Gasteiger partial charge in [0.1, 0.15) is 5.82 Å². The Morgan fingerprint density at radius 2 is 1.71 bits per heavy atom. The molecule has 152 valence electrons. The number of nitrogens with two attached hydrogens (primary N) is 1. The molecule has 7 nitrogen and oxygen atoms in total. The molecule has 7 heteroatoms. The number of likely N-dealkylation sites (tertiary alicyclic amines) is 1. The highest BCUT2D eigenvalue weighted by Crippen LogP contribution is 2.36. The van der Waals surface area contributed by atoms with Gasteiger partial charge in [0.2, 0.25) is 5.95 Å². The molecule has 0 aliphatic carbocycles. The van der Waals surface area contributed by atoms with Gasteiger partial charge in [-0.05, 0) is 57.7 Å². The molecular formula is C21H31N5O2. The number of nitrogens with zero attached hydrogens (tertiary/aromatic N) is 4. The minimum absolute atomic E-state index is 0.304. The summed E-state index contributed by atoms with van der Waals surface area (Å²) < 4.78 is 11.7. The summed E-state index contributed by atoms with van der Waals surface area (Å²) in [7, 11) is 1.68. The number of ether oxygens (including phenoxy) is 2. The summed E-state index contributed by atoms with van der Waals surface area (Å²) in [6, 6.07) is 3.93. The van der Waals surface area contributed by atoms with Crippen molar-refractivity contribution in [1.29, 1.82) is 0 Å². The summed E-state index contributed by atoms with van der Waals surface area (Å²) in [5.74, 6) is 2.65. The van der Waals surface area contributed by atoms with Gasteiger partial charge in [-0.1, -0.05) is 0 Å². The molecule has 2 saturated heterocycles. The predicted molar refractivity (Wildman–Crippen MR) is 112 cm³/mol. The molecule has 4 rings (SSSR count). The van der Waals surface area contributed by atoms with Gasteiger partial charge in [0.05, 0.1) is 19.2 Å². The highest BCUT2D eigenvalue weighted by molar-refractivity contribution is 5.93. The van der Waals surface area contributed by atoms with Gasteiger partial charge < -0.3 is 25.0 Å². The summed E-state index contributed by atoms with van der Waals surface area (Å²) in [6.07, 6.45) is 7.28. The molecule has 2 N–H and O–H groups in total. The molecule has 2 aromatic rings. The number of hydrogen-bond donors (Lipinski definition) is 1. The molecule has 0 amide bonds. The zero-order chi connectivity index (χ0) is 19.3. The van der Waals surface area contributed by atoms with Crippen LogP contribution in [0.15, 0.2) is 12.1 Å².